The van der Waals surface area contributed by atoms with E-state index >= 15 is 0 Å². The Kier molecular flexibility index (Phi) is 6.64. The highest BCUT2D eigenvalue weighted by Crippen LogP contribution is 2.19. The Labute approximate surface area is 135 Å². The minimum Gasteiger partial charge on any atom is -0.481 e. The lowest BCUT2D eigenvalue weighted by molar-refractivity contribution is 0.398. The molecular formula is C15H22ClN3OS. The molecule has 0 atom stereocenters. The van der Waals surface area contributed by atoms with Crippen LogP contribution in [0.2, 0.25) is 0 Å². The van der Waals surface area contributed by atoms with Crippen LogP contribution in [-0.4, -0.2) is 39.5 Å². The summed E-state index contributed by atoms with van der Waals surface area (Å²) in [6.07, 6.45) is 6.55. The van der Waals surface area contributed by atoms with Crippen molar-refractivity contribution in [2.24, 2.45) is 0 Å². The minimum absolute atomic E-state index is 0.576. The first-order valence-electron chi connectivity index (χ1n) is 7.25. The maximum absolute atomic E-state index is 5.90. The molecule has 6 heteroatoms. The molecule has 2 aromatic heterocycles. The summed E-state index contributed by atoms with van der Waals surface area (Å²) < 4.78 is 7.42. The second-order valence-corrected chi connectivity index (χ2v) is 6.23. The molecule has 0 radical (unpaired) electrons. The van der Waals surface area contributed by atoms with Crippen molar-refractivity contribution in [3.05, 3.63) is 18.0 Å². The van der Waals surface area contributed by atoms with Crippen LogP contribution in [0, 0.1) is 0 Å². The molecule has 0 aromatic carbocycles. The number of alkyl halides is 1. The van der Waals surface area contributed by atoms with Crippen LogP contribution in [0.4, 0.5) is 0 Å². The Bertz CT molecular complexity index is 573. The summed E-state index contributed by atoms with van der Waals surface area (Å²) in [5, 5.41) is 0. The first kappa shape index (κ1) is 16.4. The van der Waals surface area contributed by atoms with E-state index in [4.69, 9.17) is 16.3 Å². The Morgan fingerprint density at radius 2 is 2.10 bits per heavy atom. The van der Waals surface area contributed by atoms with Gasteiger partial charge in [-0.3, -0.25) is 0 Å². The molecule has 0 unspecified atom stereocenters. The second-order valence-electron chi connectivity index (χ2n) is 4.87. The number of thioether (sulfide) groups is 1. The standard InChI is InChI=1S/C15H22ClN3OS/c1-20-14-7-6-12-15(18-14)19(13(17-12)8-9-16)10-4-3-5-11-21-2/h6-7H,3-5,8-11H2,1-2H3. The van der Waals surface area contributed by atoms with Gasteiger partial charge in [0.1, 0.15) is 11.3 Å². The molecule has 0 aliphatic carbocycles. The zero-order valence-electron chi connectivity index (χ0n) is 12.6. The Balaban J connectivity index is 2.18. The number of fused-ring (bicyclic) bond motifs is 1. The third-order valence-corrected chi connectivity index (χ3v) is 4.29. The minimum atomic E-state index is 0.576. The van der Waals surface area contributed by atoms with Crippen molar-refractivity contribution in [2.45, 2.75) is 32.2 Å². The summed E-state index contributed by atoms with van der Waals surface area (Å²) in [7, 11) is 1.64. The number of rotatable bonds is 9. The molecule has 2 heterocycles. The van der Waals surface area contributed by atoms with Crippen molar-refractivity contribution >= 4 is 34.5 Å². The Hall–Kier alpha value is -0.940. The first-order chi connectivity index (χ1) is 10.3. The van der Waals surface area contributed by atoms with Crippen LogP contribution in [0.5, 0.6) is 5.88 Å². The number of aromatic nitrogens is 3. The third-order valence-electron chi connectivity index (χ3n) is 3.40. The van der Waals surface area contributed by atoms with E-state index in [1.54, 1.807) is 7.11 Å². The molecule has 0 amide bonds. The van der Waals surface area contributed by atoms with Gasteiger partial charge >= 0.3 is 0 Å². The fraction of sp³-hybridized carbons (Fsp3) is 0.600. The first-order valence-corrected chi connectivity index (χ1v) is 9.18. The molecular weight excluding hydrogens is 306 g/mol. The summed E-state index contributed by atoms with van der Waals surface area (Å²) in [4.78, 5) is 9.19. The number of imidazole rings is 1. The van der Waals surface area contributed by atoms with Crippen LogP contribution in [0.3, 0.4) is 0 Å². The van der Waals surface area contributed by atoms with Crippen molar-refractivity contribution in [3.63, 3.8) is 0 Å². The maximum atomic E-state index is 5.90. The SMILES string of the molecule is COc1ccc2nc(CCCl)n(CCCCCSC)c2n1. The molecule has 0 fully saturated rings. The maximum Gasteiger partial charge on any atom is 0.215 e. The smallest absolute Gasteiger partial charge is 0.215 e. The average molecular weight is 328 g/mol. The molecule has 0 saturated heterocycles. The van der Waals surface area contributed by atoms with Crippen molar-refractivity contribution in [1.29, 1.82) is 0 Å². The number of methoxy groups -OCH3 is 1. The van der Waals surface area contributed by atoms with Gasteiger partial charge in [0.15, 0.2) is 5.65 Å². The fourth-order valence-corrected chi connectivity index (χ4v) is 3.01. The van der Waals surface area contributed by atoms with E-state index in [1.807, 2.05) is 23.9 Å². The van der Waals surface area contributed by atoms with Gasteiger partial charge in [-0.25, -0.2) is 4.98 Å². The highest BCUT2D eigenvalue weighted by molar-refractivity contribution is 7.98. The molecule has 0 spiro atoms. The molecule has 21 heavy (non-hydrogen) atoms. The van der Waals surface area contributed by atoms with Crippen LogP contribution in [0.15, 0.2) is 12.1 Å². The van der Waals surface area contributed by atoms with E-state index in [0.29, 0.717) is 11.8 Å². The zero-order valence-corrected chi connectivity index (χ0v) is 14.2. The Morgan fingerprint density at radius 3 is 2.81 bits per heavy atom. The Morgan fingerprint density at radius 1 is 1.24 bits per heavy atom. The summed E-state index contributed by atoms with van der Waals surface area (Å²) in [5.74, 6) is 3.45. The normalized spacial score (nSPS) is 11.2. The average Bonchev–Trinajstić information content (AvgIpc) is 2.84. The van der Waals surface area contributed by atoms with Gasteiger partial charge in [0.05, 0.1) is 7.11 Å². The lowest BCUT2D eigenvalue weighted by atomic mass is 10.2. The van der Waals surface area contributed by atoms with Crippen molar-refractivity contribution in [3.8, 4) is 5.88 Å². The number of nitrogens with zero attached hydrogens (tertiary/aromatic N) is 3. The van der Waals surface area contributed by atoms with Crippen LogP contribution in [0.1, 0.15) is 25.1 Å². The third kappa shape index (κ3) is 4.27. The summed E-state index contributed by atoms with van der Waals surface area (Å²) in [5.41, 5.74) is 1.82. The molecule has 0 bridgehead atoms. The number of ether oxygens (including phenoxy) is 1. The number of unbranched alkanes of at least 4 members (excludes halogenated alkanes) is 2. The van der Waals surface area contributed by atoms with Gasteiger partial charge in [-0.15, -0.1) is 11.6 Å². The molecule has 116 valence electrons. The summed E-state index contributed by atoms with van der Waals surface area (Å²) in [6.45, 7) is 0.942. The predicted molar refractivity (Wildman–Crippen MR) is 90.7 cm³/mol. The molecule has 4 nitrogen and oxygen atoms in total. The lowest BCUT2D eigenvalue weighted by Gasteiger charge is -2.08. The van der Waals surface area contributed by atoms with Gasteiger partial charge in [0, 0.05) is 24.9 Å². The lowest BCUT2D eigenvalue weighted by Crippen LogP contribution is -2.06. The van der Waals surface area contributed by atoms with E-state index in [2.05, 4.69) is 20.8 Å². The molecule has 0 saturated carbocycles. The van der Waals surface area contributed by atoms with Gasteiger partial charge < -0.3 is 9.30 Å². The topological polar surface area (TPSA) is 39.9 Å². The molecule has 2 rings (SSSR count). The summed E-state index contributed by atoms with van der Waals surface area (Å²) >= 11 is 7.80. The van der Waals surface area contributed by atoms with Crippen LogP contribution < -0.4 is 4.74 Å². The number of pyridine rings is 1. The van der Waals surface area contributed by atoms with Gasteiger partial charge in [-0.05, 0) is 30.9 Å². The van der Waals surface area contributed by atoms with Gasteiger partial charge in [0.25, 0.3) is 0 Å². The highest BCUT2D eigenvalue weighted by Gasteiger charge is 2.12. The van der Waals surface area contributed by atoms with Gasteiger partial charge in [0.2, 0.25) is 5.88 Å². The van der Waals surface area contributed by atoms with E-state index in [1.165, 1.54) is 18.6 Å². The van der Waals surface area contributed by atoms with E-state index in [9.17, 15) is 0 Å². The van der Waals surface area contributed by atoms with Crippen molar-refractivity contribution in [2.75, 3.05) is 25.0 Å². The predicted octanol–water partition coefficient (Wildman–Crippen LogP) is 3.75. The number of halogens is 1. The summed E-state index contributed by atoms with van der Waals surface area (Å²) in [6, 6.07) is 3.81. The monoisotopic (exact) mass is 327 g/mol. The highest BCUT2D eigenvalue weighted by atomic mass is 35.5. The van der Waals surface area contributed by atoms with Crippen molar-refractivity contribution < 1.29 is 4.74 Å². The molecule has 0 aliphatic rings. The van der Waals surface area contributed by atoms with Crippen LogP contribution >= 0.6 is 23.4 Å². The van der Waals surface area contributed by atoms with Crippen LogP contribution in [-0.2, 0) is 13.0 Å². The largest absolute Gasteiger partial charge is 0.481 e. The second kappa shape index (κ2) is 8.49. The molecule has 0 aliphatic heterocycles. The number of hydrogen-bond donors (Lipinski definition) is 0. The van der Waals surface area contributed by atoms with E-state index < -0.39 is 0 Å². The zero-order chi connectivity index (χ0) is 15.1. The van der Waals surface area contributed by atoms with Gasteiger partial charge in [-0.2, -0.15) is 16.7 Å². The van der Waals surface area contributed by atoms with E-state index in [-0.39, 0.29) is 0 Å². The number of hydrogen-bond acceptors (Lipinski definition) is 4. The fourth-order valence-electron chi connectivity index (χ4n) is 2.35. The quantitative estimate of drug-likeness (QED) is 0.519. The van der Waals surface area contributed by atoms with E-state index in [0.717, 1.165) is 36.4 Å². The van der Waals surface area contributed by atoms with Crippen LogP contribution in [0.25, 0.3) is 11.2 Å². The van der Waals surface area contributed by atoms with Crippen molar-refractivity contribution in [1.82, 2.24) is 14.5 Å². The van der Waals surface area contributed by atoms with Gasteiger partial charge in [-0.1, -0.05) is 6.42 Å². The molecule has 2 aromatic rings. The molecule has 0 N–H and O–H groups in total. The number of aryl methyl sites for hydroxylation is 2.